The Morgan fingerprint density at radius 2 is 1.97 bits per heavy atom. The number of allylic oxidation sites excluding steroid dienone is 1. The molecule has 29 heavy (non-hydrogen) atoms. The van der Waals surface area contributed by atoms with Crippen molar-refractivity contribution in [1.82, 2.24) is 10.3 Å². The lowest BCUT2D eigenvalue weighted by molar-refractivity contribution is -0.150. The summed E-state index contributed by atoms with van der Waals surface area (Å²) in [5.74, 6) is 3.07. The Hall–Kier alpha value is -2.81. The molecule has 5 nitrogen and oxygen atoms in total. The van der Waals surface area contributed by atoms with Crippen molar-refractivity contribution in [1.29, 1.82) is 0 Å². The number of halogens is 1. The van der Waals surface area contributed by atoms with Crippen molar-refractivity contribution in [2.45, 2.75) is 32.9 Å². The molecule has 0 fully saturated rings. The van der Waals surface area contributed by atoms with E-state index in [9.17, 15) is 4.79 Å². The summed E-state index contributed by atoms with van der Waals surface area (Å²) in [6.07, 6.45) is 6.48. The minimum absolute atomic E-state index is 0.00524. The molecule has 0 saturated carbocycles. The van der Waals surface area contributed by atoms with Crippen molar-refractivity contribution < 1.29 is 14.3 Å². The molecule has 1 aromatic heterocycles. The first-order valence-corrected chi connectivity index (χ1v) is 9.70. The van der Waals surface area contributed by atoms with Gasteiger partial charge in [-0.1, -0.05) is 61.7 Å². The van der Waals surface area contributed by atoms with Gasteiger partial charge in [-0.15, -0.1) is 6.42 Å². The zero-order chi connectivity index (χ0) is 21.2. The van der Waals surface area contributed by atoms with Gasteiger partial charge in [-0.05, 0) is 31.0 Å². The lowest BCUT2D eigenvalue weighted by Gasteiger charge is -2.22. The van der Waals surface area contributed by atoms with Crippen LogP contribution in [-0.2, 0) is 9.53 Å². The third kappa shape index (κ3) is 7.26. The number of para-hydroxylation sites is 1. The molecule has 0 aliphatic rings. The number of ether oxygens (including phenoxy) is 2. The number of nitrogens with one attached hydrogen (secondary N) is 1. The second kappa shape index (κ2) is 11.3. The van der Waals surface area contributed by atoms with Gasteiger partial charge in [-0.3, -0.25) is 4.79 Å². The number of hydrogen-bond acceptors (Lipinski definition) is 5. The zero-order valence-electron chi connectivity index (χ0n) is 16.8. The van der Waals surface area contributed by atoms with Crippen LogP contribution in [0.3, 0.4) is 0 Å². The highest BCUT2D eigenvalue weighted by atomic mass is 35.5. The van der Waals surface area contributed by atoms with Gasteiger partial charge in [-0.2, -0.15) is 0 Å². The minimum atomic E-state index is -0.921. The number of carbonyl (C=O) groups excluding carboxylic acids is 1. The van der Waals surface area contributed by atoms with Crippen LogP contribution in [-0.4, -0.2) is 23.5 Å². The highest BCUT2D eigenvalue weighted by Crippen LogP contribution is 2.23. The van der Waals surface area contributed by atoms with E-state index < -0.39 is 18.1 Å². The minimum Gasteiger partial charge on any atom is -0.441 e. The predicted molar refractivity (Wildman–Crippen MR) is 115 cm³/mol. The molecule has 0 saturated heterocycles. The number of esters is 1. The maximum atomic E-state index is 12.7. The van der Waals surface area contributed by atoms with Gasteiger partial charge >= 0.3 is 5.97 Å². The maximum absolute atomic E-state index is 12.7. The van der Waals surface area contributed by atoms with Gasteiger partial charge in [-0.25, -0.2) is 4.98 Å². The Labute approximate surface area is 177 Å². The van der Waals surface area contributed by atoms with Crippen molar-refractivity contribution in [3.05, 3.63) is 65.3 Å². The number of aromatic nitrogens is 1. The fraction of sp³-hybridized carbons (Fsp3) is 0.304. The van der Waals surface area contributed by atoms with Crippen LogP contribution in [0.5, 0.6) is 11.6 Å². The van der Waals surface area contributed by atoms with Gasteiger partial charge in [0.1, 0.15) is 11.8 Å². The lowest BCUT2D eigenvalue weighted by atomic mass is 10.0. The molecule has 0 spiro atoms. The van der Waals surface area contributed by atoms with E-state index in [0.717, 1.165) is 0 Å². The first-order valence-electron chi connectivity index (χ1n) is 9.32. The molecule has 2 rings (SSSR count). The molecule has 1 heterocycles. The molecule has 0 aliphatic heterocycles. The van der Waals surface area contributed by atoms with Crippen LogP contribution in [0.25, 0.3) is 0 Å². The average molecular weight is 413 g/mol. The molecule has 2 unspecified atom stereocenters. The molecule has 0 bridgehead atoms. The van der Waals surface area contributed by atoms with Gasteiger partial charge in [0.2, 0.25) is 12.0 Å². The highest BCUT2D eigenvalue weighted by molar-refractivity contribution is 6.29. The molecule has 1 N–H and O–H groups in total. The Morgan fingerprint density at radius 3 is 2.59 bits per heavy atom. The molecular weight excluding hydrogens is 388 g/mol. The normalized spacial score (nSPS) is 13.4. The number of carbonyl (C=O) groups is 1. The van der Waals surface area contributed by atoms with Crippen molar-refractivity contribution in [3.63, 3.8) is 0 Å². The second-order valence-electron chi connectivity index (χ2n) is 6.72. The third-order valence-corrected chi connectivity index (χ3v) is 4.16. The number of benzene rings is 1. The molecule has 0 aliphatic carbocycles. The van der Waals surface area contributed by atoms with Crippen LogP contribution < -0.4 is 10.1 Å². The third-order valence-electron chi connectivity index (χ3n) is 4.01. The molecule has 152 valence electrons. The molecule has 6 heteroatoms. The molecule has 0 amide bonds. The van der Waals surface area contributed by atoms with E-state index in [0.29, 0.717) is 28.9 Å². The second-order valence-corrected chi connectivity index (χ2v) is 7.32. The average Bonchev–Trinajstić information content (AvgIpc) is 2.69. The summed E-state index contributed by atoms with van der Waals surface area (Å²) in [6.45, 7) is 6.07. The number of nitrogens with zero attached hydrogens (tertiary/aromatic N) is 1. The number of terminal acetylenes is 1. The van der Waals surface area contributed by atoms with Crippen molar-refractivity contribution >= 4 is 17.6 Å². The van der Waals surface area contributed by atoms with E-state index in [1.54, 1.807) is 31.2 Å². The fourth-order valence-corrected chi connectivity index (χ4v) is 2.61. The van der Waals surface area contributed by atoms with Gasteiger partial charge in [0.15, 0.2) is 0 Å². The van der Waals surface area contributed by atoms with Crippen LogP contribution in [0.4, 0.5) is 0 Å². The topological polar surface area (TPSA) is 60.5 Å². The molecule has 2 aromatic rings. The molecule has 2 atom stereocenters. The summed E-state index contributed by atoms with van der Waals surface area (Å²) in [5.41, 5.74) is 0.424. The van der Waals surface area contributed by atoms with Crippen LogP contribution in [0.2, 0.25) is 0 Å². The highest BCUT2D eigenvalue weighted by Gasteiger charge is 2.26. The van der Waals surface area contributed by atoms with E-state index in [1.165, 1.54) is 0 Å². The zero-order valence-corrected chi connectivity index (χ0v) is 17.5. The Balaban J connectivity index is 2.10. The van der Waals surface area contributed by atoms with Crippen molar-refractivity contribution in [2.75, 3.05) is 6.54 Å². The Morgan fingerprint density at radius 1 is 1.24 bits per heavy atom. The fourth-order valence-electron chi connectivity index (χ4n) is 2.53. The first kappa shape index (κ1) is 22.5. The molecular formula is C23H25ClN2O3. The Bertz CT molecular complexity index is 871. The number of rotatable bonds is 9. The maximum Gasteiger partial charge on any atom is 0.325 e. The largest absolute Gasteiger partial charge is 0.441 e. The van der Waals surface area contributed by atoms with Crippen molar-refractivity contribution in [3.8, 4) is 24.0 Å². The van der Waals surface area contributed by atoms with E-state index >= 15 is 0 Å². The Kier molecular flexibility index (Phi) is 8.72. The van der Waals surface area contributed by atoms with E-state index in [4.69, 9.17) is 27.5 Å². The molecule has 0 radical (unpaired) electrons. The summed E-state index contributed by atoms with van der Waals surface area (Å²) < 4.78 is 11.3. The van der Waals surface area contributed by atoms with Crippen LogP contribution in [0.1, 0.15) is 32.6 Å². The number of hydrogen-bond donors (Lipinski definition) is 1. The smallest absolute Gasteiger partial charge is 0.325 e. The first-order chi connectivity index (χ1) is 13.9. The predicted octanol–water partition coefficient (Wildman–Crippen LogP) is 4.85. The van der Waals surface area contributed by atoms with Crippen LogP contribution in [0.15, 0.2) is 59.6 Å². The standard InChI is InChI=1S/C23H25ClN2O3/c1-5-20(29-23(27)22(16(2)3)25-15-14-17(4)24)19-12-9-13-21(26-19)28-18-10-7-6-8-11-18/h1,6-14,16,20,22,25H,15H2,2-4H3. The molecule has 1 aromatic carbocycles. The van der Waals surface area contributed by atoms with E-state index in [1.807, 2.05) is 44.2 Å². The summed E-state index contributed by atoms with van der Waals surface area (Å²) in [5, 5.41) is 3.77. The quantitative estimate of drug-likeness (QED) is 0.471. The van der Waals surface area contributed by atoms with E-state index in [2.05, 4.69) is 16.2 Å². The van der Waals surface area contributed by atoms with Gasteiger partial charge in [0.05, 0.1) is 5.69 Å². The van der Waals surface area contributed by atoms with Gasteiger partial charge in [0, 0.05) is 17.6 Å². The van der Waals surface area contributed by atoms with Gasteiger partial charge < -0.3 is 14.8 Å². The van der Waals surface area contributed by atoms with Crippen LogP contribution >= 0.6 is 11.6 Å². The van der Waals surface area contributed by atoms with Crippen LogP contribution in [0, 0.1) is 18.3 Å². The van der Waals surface area contributed by atoms with Crippen molar-refractivity contribution in [2.24, 2.45) is 5.92 Å². The number of pyridine rings is 1. The van der Waals surface area contributed by atoms with E-state index in [-0.39, 0.29) is 5.92 Å². The monoisotopic (exact) mass is 412 g/mol. The SMILES string of the molecule is C#CC(OC(=O)C(NCC=C(C)Cl)C(C)C)c1cccc(Oc2ccccc2)n1. The summed E-state index contributed by atoms with van der Waals surface area (Å²) in [7, 11) is 0. The van der Waals surface area contributed by atoms with Gasteiger partial charge in [0.25, 0.3) is 0 Å². The summed E-state index contributed by atoms with van der Waals surface area (Å²) in [4.78, 5) is 17.1. The lowest BCUT2D eigenvalue weighted by Crippen LogP contribution is -2.42. The summed E-state index contributed by atoms with van der Waals surface area (Å²) in [6, 6.07) is 13.9. The summed E-state index contributed by atoms with van der Waals surface area (Å²) >= 11 is 5.84.